The summed E-state index contributed by atoms with van der Waals surface area (Å²) in [4.78, 5) is 2.01. The van der Waals surface area contributed by atoms with Gasteiger partial charge in [-0.3, -0.25) is 0 Å². The molecule has 37 heavy (non-hydrogen) atoms. The Balaban J connectivity index is 1.36. The third kappa shape index (κ3) is 5.22. The minimum Gasteiger partial charge on any atom is -0.371 e. The molecular weight excluding hydrogens is 510 g/mol. The largest absolute Gasteiger partial charge is 0.405 e. The number of halogens is 4. The Bertz CT molecular complexity index is 1310. The molecule has 0 radical (unpaired) electrons. The van der Waals surface area contributed by atoms with Crippen molar-refractivity contribution in [3.8, 4) is 0 Å². The molecule has 3 aromatic rings. The zero-order chi connectivity index (χ0) is 26.2. The Morgan fingerprint density at radius 2 is 1.59 bits per heavy atom. The number of benzene rings is 2. The predicted octanol–water partition coefficient (Wildman–Crippen LogP) is 4.86. The average Bonchev–Trinajstić information content (AvgIpc) is 3.41. The smallest absolute Gasteiger partial charge is 0.371 e. The van der Waals surface area contributed by atoms with Crippen molar-refractivity contribution in [2.45, 2.75) is 55.7 Å². The Hall–Kier alpha value is -2.99. The van der Waals surface area contributed by atoms with Crippen molar-refractivity contribution in [3.05, 3.63) is 78.1 Å². The maximum atomic E-state index is 15.2. The first-order chi connectivity index (χ1) is 17.6. The lowest BCUT2D eigenvalue weighted by Gasteiger charge is -2.40. The van der Waals surface area contributed by atoms with Crippen molar-refractivity contribution in [1.29, 1.82) is 0 Å². The van der Waals surface area contributed by atoms with Gasteiger partial charge < -0.3 is 9.47 Å². The van der Waals surface area contributed by atoms with E-state index in [9.17, 15) is 21.6 Å². The number of aromatic nitrogens is 3. The highest BCUT2D eigenvalue weighted by Crippen LogP contribution is 2.43. The summed E-state index contributed by atoms with van der Waals surface area (Å²) < 4.78 is 86.1. The minimum absolute atomic E-state index is 0.0883. The van der Waals surface area contributed by atoms with Gasteiger partial charge in [-0.2, -0.15) is 17.5 Å². The second-order valence-corrected chi connectivity index (χ2v) is 11.6. The molecule has 0 saturated carbocycles. The summed E-state index contributed by atoms with van der Waals surface area (Å²) in [5.41, 5.74) is 0.952. The number of anilines is 1. The number of sulfonamides is 1. The molecule has 12 heteroatoms. The molecule has 7 nitrogen and oxygen atoms in total. The van der Waals surface area contributed by atoms with E-state index in [0.29, 0.717) is 28.6 Å². The summed E-state index contributed by atoms with van der Waals surface area (Å²) in [5, 5.41) is 6.55. The van der Waals surface area contributed by atoms with E-state index in [1.807, 2.05) is 9.47 Å². The molecule has 0 N–H and O–H groups in total. The van der Waals surface area contributed by atoms with E-state index in [4.69, 9.17) is 0 Å². The number of alkyl halides is 3. The third-order valence-corrected chi connectivity index (χ3v) is 9.60. The standard InChI is InChI=1S/C25H27F4N5O2S/c26-22-14-21(32-12-10-20(11-13-32)33-16-30-31-17-33)7-6-19(22)15-34-24(25(27,28)29)9-8-23(37(34,35)36)18-4-2-1-3-5-18/h1-7,14,16-17,20,23-24H,8-13,15H2/t23-,24?/m1/s1. The SMILES string of the molecule is O=S1(=O)[C@@H](c2ccccc2)CCC(C(F)(F)F)N1Cc1ccc(N2CCC(n3cnnc3)CC2)cc1F. The fourth-order valence-corrected chi connectivity index (χ4v) is 7.49. The lowest BCUT2D eigenvalue weighted by Crippen LogP contribution is -2.52. The van der Waals surface area contributed by atoms with Crippen LogP contribution in [-0.2, 0) is 16.6 Å². The molecule has 2 aliphatic rings. The summed E-state index contributed by atoms with van der Waals surface area (Å²) in [5.74, 6) is -0.726. The van der Waals surface area contributed by atoms with Crippen LogP contribution in [-0.4, -0.2) is 52.8 Å². The molecule has 0 spiro atoms. The molecule has 1 unspecified atom stereocenters. The number of hydrogen-bond acceptors (Lipinski definition) is 5. The fraction of sp³-hybridized carbons (Fsp3) is 0.440. The van der Waals surface area contributed by atoms with Crippen LogP contribution in [0.1, 0.15) is 48.1 Å². The Morgan fingerprint density at radius 3 is 2.22 bits per heavy atom. The number of nitrogens with zero attached hydrogens (tertiary/aromatic N) is 5. The normalized spacial score (nSPS) is 23.3. The first kappa shape index (κ1) is 25.7. The van der Waals surface area contributed by atoms with E-state index in [-0.39, 0.29) is 24.4 Å². The van der Waals surface area contributed by atoms with Gasteiger partial charge in [0.2, 0.25) is 10.0 Å². The minimum atomic E-state index is -4.76. The van der Waals surface area contributed by atoms with E-state index in [0.717, 1.165) is 12.8 Å². The van der Waals surface area contributed by atoms with E-state index in [1.54, 1.807) is 49.1 Å². The maximum absolute atomic E-state index is 15.2. The molecule has 2 fully saturated rings. The highest BCUT2D eigenvalue weighted by atomic mass is 32.2. The van der Waals surface area contributed by atoms with E-state index in [1.165, 1.54) is 12.1 Å². The van der Waals surface area contributed by atoms with Crippen LogP contribution in [0.4, 0.5) is 23.2 Å². The van der Waals surface area contributed by atoms with Crippen LogP contribution in [0.25, 0.3) is 0 Å². The molecule has 0 amide bonds. The maximum Gasteiger partial charge on any atom is 0.405 e. The molecule has 2 saturated heterocycles. The summed E-state index contributed by atoms with van der Waals surface area (Å²) in [6.07, 6.45) is -0.355. The van der Waals surface area contributed by atoms with Gasteiger partial charge in [0.1, 0.15) is 29.8 Å². The predicted molar refractivity (Wildman–Crippen MR) is 130 cm³/mol. The van der Waals surface area contributed by atoms with Gasteiger partial charge in [0.15, 0.2) is 0 Å². The Kier molecular flexibility index (Phi) is 6.97. The zero-order valence-electron chi connectivity index (χ0n) is 19.9. The Labute approximate surface area is 212 Å². The summed E-state index contributed by atoms with van der Waals surface area (Å²) in [6, 6.07) is 10.6. The number of piperidine rings is 1. The quantitative estimate of drug-likeness (QED) is 0.435. The molecular formula is C25H27F4N5O2S. The van der Waals surface area contributed by atoms with Crippen LogP contribution < -0.4 is 4.90 Å². The average molecular weight is 538 g/mol. The van der Waals surface area contributed by atoms with Gasteiger partial charge in [0, 0.05) is 36.9 Å². The second kappa shape index (κ2) is 10.1. The van der Waals surface area contributed by atoms with Gasteiger partial charge in [-0.05, 0) is 43.4 Å². The van der Waals surface area contributed by atoms with Gasteiger partial charge in [0.25, 0.3) is 0 Å². The van der Waals surface area contributed by atoms with Gasteiger partial charge in [0.05, 0.1) is 0 Å². The highest BCUT2D eigenvalue weighted by Gasteiger charge is 2.53. The van der Waals surface area contributed by atoms with Crippen LogP contribution >= 0.6 is 0 Å². The fourth-order valence-electron chi connectivity index (χ4n) is 5.32. The molecule has 2 aromatic carbocycles. The van der Waals surface area contributed by atoms with Crippen molar-refractivity contribution in [2.24, 2.45) is 0 Å². The van der Waals surface area contributed by atoms with E-state index < -0.39 is 39.9 Å². The van der Waals surface area contributed by atoms with Crippen molar-refractivity contribution >= 4 is 15.7 Å². The number of hydrogen-bond donors (Lipinski definition) is 0. The van der Waals surface area contributed by atoms with E-state index in [2.05, 4.69) is 10.2 Å². The monoisotopic (exact) mass is 537 g/mol. The first-order valence-electron chi connectivity index (χ1n) is 12.1. The molecule has 0 bridgehead atoms. The van der Waals surface area contributed by atoms with Crippen LogP contribution in [0.5, 0.6) is 0 Å². The first-order valence-corrected chi connectivity index (χ1v) is 13.6. The van der Waals surface area contributed by atoms with Crippen molar-refractivity contribution < 1.29 is 26.0 Å². The molecule has 3 heterocycles. The Morgan fingerprint density at radius 1 is 0.919 bits per heavy atom. The van der Waals surface area contributed by atoms with E-state index >= 15 is 4.39 Å². The van der Waals surface area contributed by atoms with Gasteiger partial charge in [-0.1, -0.05) is 36.4 Å². The van der Waals surface area contributed by atoms with Crippen LogP contribution in [0.15, 0.2) is 61.2 Å². The van der Waals surface area contributed by atoms with Crippen molar-refractivity contribution in [2.75, 3.05) is 18.0 Å². The van der Waals surface area contributed by atoms with Gasteiger partial charge >= 0.3 is 6.18 Å². The molecule has 2 atom stereocenters. The third-order valence-electron chi connectivity index (χ3n) is 7.34. The lowest BCUT2D eigenvalue weighted by molar-refractivity contribution is -0.176. The molecule has 0 aliphatic carbocycles. The van der Waals surface area contributed by atoms with Gasteiger partial charge in [-0.15, -0.1) is 10.2 Å². The number of rotatable bonds is 5. The summed E-state index contributed by atoms with van der Waals surface area (Å²) >= 11 is 0. The molecule has 1 aromatic heterocycles. The topological polar surface area (TPSA) is 71.3 Å². The second-order valence-electron chi connectivity index (χ2n) is 9.53. The molecule has 5 rings (SSSR count). The van der Waals surface area contributed by atoms with Crippen LogP contribution in [0.3, 0.4) is 0 Å². The zero-order valence-corrected chi connectivity index (χ0v) is 20.7. The van der Waals surface area contributed by atoms with Crippen LogP contribution in [0, 0.1) is 5.82 Å². The summed E-state index contributed by atoms with van der Waals surface area (Å²) in [6.45, 7) is 0.645. The lowest BCUT2D eigenvalue weighted by atomic mass is 10.0. The molecule has 2 aliphatic heterocycles. The summed E-state index contributed by atoms with van der Waals surface area (Å²) in [7, 11) is -4.40. The van der Waals surface area contributed by atoms with Crippen molar-refractivity contribution in [3.63, 3.8) is 0 Å². The van der Waals surface area contributed by atoms with Crippen LogP contribution in [0.2, 0.25) is 0 Å². The van der Waals surface area contributed by atoms with Crippen molar-refractivity contribution in [1.82, 2.24) is 19.1 Å². The van der Waals surface area contributed by atoms with Gasteiger partial charge in [-0.25, -0.2) is 12.8 Å². The highest BCUT2D eigenvalue weighted by molar-refractivity contribution is 7.89. The molecule has 198 valence electrons.